The van der Waals surface area contributed by atoms with Gasteiger partial charge in [0.2, 0.25) is 0 Å². The van der Waals surface area contributed by atoms with Crippen LogP contribution in [0.25, 0.3) is 0 Å². The Bertz CT molecular complexity index is 607. The Balaban J connectivity index is 1.78. The summed E-state index contributed by atoms with van der Waals surface area (Å²) in [4.78, 5) is 16.1. The number of benzene rings is 1. The lowest BCUT2D eigenvalue weighted by atomic mass is 10.1. The first kappa shape index (κ1) is 11.9. The Hall–Kier alpha value is -2.16. The number of hydrogen-bond donors (Lipinski definition) is 1. The van der Waals surface area contributed by atoms with Crippen molar-refractivity contribution in [3.8, 4) is 0 Å². The summed E-state index contributed by atoms with van der Waals surface area (Å²) in [5.41, 5.74) is 4.56. The van der Waals surface area contributed by atoms with Gasteiger partial charge in [0.05, 0.1) is 6.04 Å². The molecule has 0 fully saturated rings. The molecule has 3 nitrogen and oxygen atoms in total. The highest BCUT2D eigenvalue weighted by atomic mass is 16.1. The molecule has 0 saturated heterocycles. The highest BCUT2D eigenvalue weighted by molar-refractivity contribution is 5.94. The van der Waals surface area contributed by atoms with Crippen molar-refractivity contribution in [2.45, 2.75) is 25.8 Å². The number of amides is 1. The van der Waals surface area contributed by atoms with Gasteiger partial charge in [-0.1, -0.05) is 23.8 Å². The smallest absolute Gasteiger partial charge is 0.251 e. The van der Waals surface area contributed by atoms with Crippen LogP contribution in [0, 0.1) is 6.92 Å². The summed E-state index contributed by atoms with van der Waals surface area (Å²) in [6, 6.07) is 10.1. The van der Waals surface area contributed by atoms with Gasteiger partial charge in [0.15, 0.2) is 0 Å². The van der Waals surface area contributed by atoms with Crippen LogP contribution in [-0.4, -0.2) is 10.9 Å². The summed E-state index contributed by atoms with van der Waals surface area (Å²) in [5.74, 6) is -0.0270. The molecule has 1 N–H and O–H groups in total. The monoisotopic (exact) mass is 252 g/mol. The number of hydrogen-bond acceptors (Lipinski definition) is 2. The lowest BCUT2D eigenvalue weighted by molar-refractivity contribution is 0.0936. The second kappa shape index (κ2) is 4.84. The Kier molecular flexibility index (Phi) is 3.03. The van der Waals surface area contributed by atoms with E-state index in [0.717, 1.165) is 12.8 Å². The maximum absolute atomic E-state index is 12.1. The Labute approximate surface area is 112 Å². The maximum atomic E-state index is 12.1. The first-order valence-corrected chi connectivity index (χ1v) is 6.54. The van der Waals surface area contributed by atoms with Crippen LogP contribution in [0.15, 0.2) is 42.7 Å². The molecule has 1 aromatic heterocycles. The normalized spacial score (nSPS) is 17.0. The molecule has 0 spiro atoms. The largest absolute Gasteiger partial charge is 0.345 e. The van der Waals surface area contributed by atoms with Crippen LogP contribution in [0.5, 0.6) is 0 Å². The van der Waals surface area contributed by atoms with Crippen molar-refractivity contribution in [1.82, 2.24) is 10.3 Å². The molecule has 0 saturated carbocycles. The lowest BCUT2D eigenvalue weighted by Gasteiger charge is -2.14. The number of aromatic nitrogens is 1. The summed E-state index contributed by atoms with van der Waals surface area (Å²) >= 11 is 0. The first-order chi connectivity index (χ1) is 9.24. The number of carbonyl (C=O) groups is 1. The number of pyridine rings is 1. The van der Waals surface area contributed by atoms with Gasteiger partial charge < -0.3 is 5.32 Å². The van der Waals surface area contributed by atoms with E-state index in [0.29, 0.717) is 5.56 Å². The average molecular weight is 252 g/mol. The minimum atomic E-state index is -0.0270. The molecule has 1 atom stereocenters. The fraction of sp³-hybridized carbons (Fsp3) is 0.250. The molecule has 3 rings (SSSR count). The van der Waals surface area contributed by atoms with E-state index >= 15 is 0 Å². The third-order valence-corrected chi connectivity index (χ3v) is 3.62. The van der Waals surface area contributed by atoms with Crippen LogP contribution in [0.2, 0.25) is 0 Å². The summed E-state index contributed by atoms with van der Waals surface area (Å²) in [7, 11) is 0. The minimum Gasteiger partial charge on any atom is -0.345 e. The van der Waals surface area contributed by atoms with Crippen molar-refractivity contribution in [3.05, 3.63) is 65.0 Å². The maximum Gasteiger partial charge on any atom is 0.251 e. The molecule has 0 aliphatic heterocycles. The van der Waals surface area contributed by atoms with Gasteiger partial charge in [0.25, 0.3) is 5.91 Å². The van der Waals surface area contributed by atoms with Gasteiger partial charge >= 0.3 is 0 Å². The third kappa shape index (κ3) is 2.36. The quantitative estimate of drug-likeness (QED) is 0.893. The van der Waals surface area contributed by atoms with Crippen LogP contribution >= 0.6 is 0 Å². The van der Waals surface area contributed by atoms with E-state index in [1.165, 1.54) is 16.7 Å². The lowest BCUT2D eigenvalue weighted by Crippen LogP contribution is -2.27. The highest BCUT2D eigenvalue weighted by Crippen LogP contribution is 2.31. The van der Waals surface area contributed by atoms with Gasteiger partial charge in [-0.2, -0.15) is 0 Å². The average Bonchev–Trinajstić information content (AvgIpc) is 2.82. The number of rotatable bonds is 2. The third-order valence-electron chi connectivity index (χ3n) is 3.62. The van der Waals surface area contributed by atoms with E-state index < -0.39 is 0 Å². The number of fused-ring (bicyclic) bond motifs is 1. The van der Waals surface area contributed by atoms with E-state index in [1.54, 1.807) is 24.5 Å². The van der Waals surface area contributed by atoms with Gasteiger partial charge in [0.1, 0.15) is 0 Å². The highest BCUT2D eigenvalue weighted by Gasteiger charge is 2.24. The van der Waals surface area contributed by atoms with Crippen LogP contribution in [-0.2, 0) is 6.42 Å². The Morgan fingerprint density at radius 2 is 2.05 bits per heavy atom. The molecule has 1 amide bonds. The molecule has 96 valence electrons. The van der Waals surface area contributed by atoms with Gasteiger partial charge in [-0.25, -0.2) is 0 Å². The van der Waals surface area contributed by atoms with Crippen molar-refractivity contribution >= 4 is 5.91 Å². The molecule has 1 unspecified atom stereocenters. The van der Waals surface area contributed by atoms with Crippen molar-refractivity contribution in [1.29, 1.82) is 0 Å². The van der Waals surface area contributed by atoms with Gasteiger partial charge in [-0.05, 0) is 43.0 Å². The molecule has 19 heavy (non-hydrogen) atoms. The topological polar surface area (TPSA) is 42.0 Å². The van der Waals surface area contributed by atoms with E-state index in [1.807, 2.05) is 0 Å². The number of aryl methyl sites for hydroxylation is 2. The van der Waals surface area contributed by atoms with Gasteiger partial charge in [0, 0.05) is 18.0 Å². The molecule has 0 radical (unpaired) electrons. The van der Waals surface area contributed by atoms with Crippen molar-refractivity contribution in [2.24, 2.45) is 0 Å². The number of nitrogens with zero attached hydrogens (tertiary/aromatic N) is 1. The fourth-order valence-electron chi connectivity index (χ4n) is 2.64. The van der Waals surface area contributed by atoms with Crippen LogP contribution < -0.4 is 5.32 Å². The summed E-state index contributed by atoms with van der Waals surface area (Å²) in [5, 5.41) is 3.10. The Morgan fingerprint density at radius 1 is 1.26 bits per heavy atom. The second-order valence-electron chi connectivity index (χ2n) is 5.00. The first-order valence-electron chi connectivity index (χ1n) is 6.54. The molecular formula is C16H16N2O. The molecule has 1 aliphatic carbocycles. The molecule has 2 aromatic rings. The van der Waals surface area contributed by atoms with Crippen molar-refractivity contribution < 1.29 is 4.79 Å². The standard InChI is InChI=1S/C16H16N2O/c1-11-2-4-14-13(10-11)3-5-15(14)18-16(19)12-6-8-17-9-7-12/h2,4,6-10,15H,3,5H2,1H3,(H,18,19). The van der Waals surface area contributed by atoms with Gasteiger partial charge in [-0.15, -0.1) is 0 Å². The summed E-state index contributed by atoms with van der Waals surface area (Å²) in [6.07, 6.45) is 5.30. The SMILES string of the molecule is Cc1ccc2c(c1)CCC2NC(=O)c1ccncc1. The Morgan fingerprint density at radius 3 is 2.84 bits per heavy atom. The van der Waals surface area contributed by atoms with E-state index in [2.05, 4.69) is 35.4 Å². The summed E-state index contributed by atoms with van der Waals surface area (Å²) < 4.78 is 0. The predicted molar refractivity (Wildman–Crippen MR) is 73.9 cm³/mol. The second-order valence-corrected chi connectivity index (χ2v) is 5.00. The van der Waals surface area contributed by atoms with Crippen LogP contribution in [0.1, 0.15) is 39.5 Å². The molecule has 1 aliphatic rings. The zero-order chi connectivity index (χ0) is 13.2. The van der Waals surface area contributed by atoms with Crippen LogP contribution in [0.3, 0.4) is 0 Å². The van der Waals surface area contributed by atoms with Crippen molar-refractivity contribution in [2.75, 3.05) is 0 Å². The van der Waals surface area contributed by atoms with Gasteiger partial charge in [-0.3, -0.25) is 9.78 Å². The minimum absolute atomic E-state index is 0.0270. The number of carbonyl (C=O) groups excluding carboxylic acids is 1. The summed E-state index contributed by atoms with van der Waals surface area (Å²) in [6.45, 7) is 2.10. The molecule has 1 aromatic carbocycles. The molecular weight excluding hydrogens is 236 g/mol. The molecule has 3 heteroatoms. The predicted octanol–water partition coefficient (Wildman–Crippen LogP) is 2.81. The van der Waals surface area contributed by atoms with Crippen molar-refractivity contribution in [3.63, 3.8) is 0 Å². The van der Waals surface area contributed by atoms with Crippen LogP contribution in [0.4, 0.5) is 0 Å². The number of nitrogens with one attached hydrogen (secondary N) is 1. The zero-order valence-electron chi connectivity index (χ0n) is 10.9. The van der Waals surface area contributed by atoms with E-state index in [-0.39, 0.29) is 11.9 Å². The molecule has 0 bridgehead atoms. The molecule has 1 heterocycles. The fourth-order valence-corrected chi connectivity index (χ4v) is 2.64. The zero-order valence-corrected chi connectivity index (χ0v) is 10.9. The van der Waals surface area contributed by atoms with E-state index in [9.17, 15) is 4.79 Å². The van der Waals surface area contributed by atoms with E-state index in [4.69, 9.17) is 0 Å².